The van der Waals surface area contributed by atoms with Crippen LogP contribution in [-0.2, 0) is 4.79 Å². The average molecular weight is 927 g/mol. The van der Waals surface area contributed by atoms with Crippen molar-refractivity contribution >= 4 is 5.91 Å². The maximum absolute atomic E-state index is 12.6. The van der Waals surface area contributed by atoms with Gasteiger partial charge in [-0.1, -0.05) is 254 Å². The minimum atomic E-state index is -1.30. The van der Waals surface area contributed by atoms with E-state index in [1.807, 2.05) is 0 Å². The summed E-state index contributed by atoms with van der Waals surface area (Å²) in [5.41, 5.74) is 0. The van der Waals surface area contributed by atoms with Crippen molar-refractivity contribution in [1.82, 2.24) is 5.32 Å². The van der Waals surface area contributed by atoms with Crippen LogP contribution in [0.3, 0.4) is 0 Å². The molecule has 5 N–H and O–H groups in total. The predicted octanol–water partition coefficient (Wildman–Crippen LogP) is 16.8. The molecule has 0 aliphatic rings. The van der Waals surface area contributed by atoms with Gasteiger partial charge in [-0.2, -0.15) is 0 Å². The van der Waals surface area contributed by atoms with Gasteiger partial charge < -0.3 is 25.7 Å². The zero-order valence-electron chi connectivity index (χ0n) is 43.7. The Kier molecular flexibility index (Phi) is 52.3. The summed E-state index contributed by atoms with van der Waals surface area (Å²) in [6.07, 6.45) is 70.1. The Morgan fingerprint density at radius 1 is 0.394 bits per heavy atom. The number of carbonyl (C=O) groups excluding carboxylic acids is 1. The molecule has 6 nitrogen and oxygen atoms in total. The van der Waals surface area contributed by atoms with E-state index in [9.17, 15) is 25.2 Å². The number of rotatable bonds is 52. The van der Waals surface area contributed by atoms with Crippen LogP contribution in [-0.4, -0.2) is 57.3 Å². The van der Waals surface area contributed by atoms with Crippen LogP contribution in [0.5, 0.6) is 0 Å². The summed E-state index contributed by atoms with van der Waals surface area (Å²) in [5, 5.41) is 43.9. The van der Waals surface area contributed by atoms with Crippen LogP contribution in [0.2, 0.25) is 0 Å². The van der Waals surface area contributed by atoms with Gasteiger partial charge in [0.2, 0.25) is 5.91 Å². The van der Waals surface area contributed by atoms with Crippen LogP contribution in [0.25, 0.3) is 0 Å². The summed E-state index contributed by atoms with van der Waals surface area (Å²) in [6.45, 7) is 3.96. The Labute approximate surface area is 410 Å². The molecule has 0 rings (SSSR count). The van der Waals surface area contributed by atoms with Gasteiger partial charge in [-0.05, 0) is 89.9 Å². The average Bonchev–Trinajstić information content (AvgIpc) is 3.32. The van der Waals surface area contributed by atoms with E-state index in [0.717, 1.165) is 64.2 Å². The molecule has 0 fully saturated rings. The molecule has 0 heterocycles. The summed E-state index contributed by atoms with van der Waals surface area (Å²) in [5.74, 6) is -0.600. The Bertz CT molecular complexity index is 1130. The van der Waals surface area contributed by atoms with Gasteiger partial charge in [0.1, 0.15) is 12.2 Å². The molecule has 0 bridgehead atoms. The SMILES string of the molecule is CC/C=C\C/C=C\CCCCCCCCCCCCCCCC(O)C(=O)NC(CO)C(O)C(O)CCC/C=C/CC/C=C/CC/C=C/CCCCCCCCCCCCCCCCCCC. The van der Waals surface area contributed by atoms with Gasteiger partial charge >= 0.3 is 0 Å². The van der Waals surface area contributed by atoms with Crippen LogP contribution in [0.1, 0.15) is 284 Å². The first kappa shape index (κ1) is 64.0. The molecular formula is C60H111NO5. The standard InChI is InChI=1S/C60H111NO5/c1-3-5-7-9-11-13-15-17-19-21-23-25-26-27-28-29-30-31-32-33-34-36-37-39-41-43-45-47-49-51-53-57(63)59(65)56(55-62)61-60(66)58(64)54-52-50-48-46-44-42-40-38-35-24-22-20-18-16-14-12-10-8-6-4-2/h6,8,12,14,32-33,37,39,45,47,56-59,62-65H,3-5,7,9-11,13,15-31,34-36,38,40-44,46,48-55H2,1-2H3,(H,61,66)/b8-6-,14-12-,33-32+,39-37+,47-45+. The molecule has 0 aromatic carbocycles. The van der Waals surface area contributed by atoms with Crippen LogP contribution in [0.15, 0.2) is 60.8 Å². The van der Waals surface area contributed by atoms with Crippen molar-refractivity contribution in [1.29, 1.82) is 0 Å². The molecule has 66 heavy (non-hydrogen) atoms. The largest absolute Gasteiger partial charge is 0.394 e. The lowest BCUT2D eigenvalue weighted by atomic mass is 10.00. The molecule has 0 saturated carbocycles. The second kappa shape index (κ2) is 54.0. The van der Waals surface area contributed by atoms with Gasteiger partial charge in [-0.25, -0.2) is 0 Å². The lowest BCUT2D eigenvalue weighted by Crippen LogP contribution is -2.53. The Morgan fingerprint density at radius 3 is 1.12 bits per heavy atom. The highest BCUT2D eigenvalue weighted by atomic mass is 16.3. The highest BCUT2D eigenvalue weighted by Crippen LogP contribution is 2.17. The van der Waals surface area contributed by atoms with E-state index in [1.165, 1.54) is 186 Å². The number of amides is 1. The second-order valence-corrected chi connectivity index (χ2v) is 19.6. The van der Waals surface area contributed by atoms with Crippen molar-refractivity contribution < 1.29 is 25.2 Å². The number of allylic oxidation sites excluding steroid dienone is 10. The number of hydrogen-bond donors (Lipinski definition) is 5. The van der Waals surface area contributed by atoms with Gasteiger partial charge in [0.25, 0.3) is 0 Å². The molecule has 0 saturated heterocycles. The molecule has 0 aliphatic heterocycles. The van der Waals surface area contributed by atoms with E-state index in [0.29, 0.717) is 19.3 Å². The Morgan fingerprint density at radius 2 is 0.727 bits per heavy atom. The minimum Gasteiger partial charge on any atom is -0.394 e. The molecular weight excluding hydrogens is 815 g/mol. The van der Waals surface area contributed by atoms with Crippen molar-refractivity contribution in [2.45, 2.75) is 308 Å². The fourth-order valence-electron chi connectivity index (χ4n) is 8.71. The lowest BCUT2D eigenvalue weighted by molar-refractivity contribution is -0.132. The molecule has 1 amide bonds. The number of unbranched alkanes of at least 4 members (excludes halogenated alkanes) is 33. The van der Waals surface area contributed by atoms with Gasteiger partial charge in [-0.3, -0.25) is 4.79 Å². The van der Waals surface area contributed by atoms with Gasteiger partial charge in [0, 0.05) is 0 Å². The lowest BCUT2D eigenvalue weighted by Gasteiger charge is -2.27. The molecule has 0 aliphatic carbocycles. The molecule has 0 aromatic heterocycles. The fourth-order valence-corrected chi connectivity index (χ4v) is 8.71. The van der Waals surface area contributed by atoms with Gasteiger partial charge in [0.15, 0.2) is 0 Å². The fraction of sp³-hybridized carbons (Fsp3) is 0.817. The first-order valence-corrected chi connectivity index (χ1v) is 28.7. The van der Waals surface area contributed by atoms with Crippen LogP contribution < -0.4 is 5.32 Å². The monoisotopic (exact) mass is 926 g/mol. The maximum atomic E-state index is 12.6. The quantitative estimate of drug-likeness (QED) is 0.0308. The number of hydrogen-bond acceptors (Lipinski definition) is 5. The van der Waals surface area contributed by atoms with Gasteiger partial charge in [-0.15, -0.1) is 0 Å². The third-order valence-electron chi connectivity index (χ3n) is 13.2. The van der Waals surface area contributed by atoms with Crippen molar-refractivity contribution in [3.05, 3.63) is 60.8 Å². The third kappa shape index (κ3) is 47.1. The van der Waals surface area contributed by atoms with Crippen molar-refractivity contribution in [2.24, 2.45) is 0 Å². The second-order valence-electron chi connectivity index (χ2n) is 19.6. The van der Waals surface area contributed by atoms with E-state index in [4.69, 9.17) is 0 Å². The van der Waals surface area contributed by atoms with E-state index in [1.54, 1.807) is 0 Å². The molecule has 4 unspecified atom stereocenters. The van der Waals surface area contributed by atoms with Crippen LogP contribution in [0, 0.1) is 0 Å². The zero-order chi connectivity index (χ0) is 48.1. The molecule has 0 spiro atoms. The Balaban J connectivity index is 3.70. The molecule has 0 aromatic rings. The molecule has 0 radical (unpaired) electrons. The normalized spacial score (nSPS) is 14.2. The topological polar surface area (TPSA) is 110 Å². The summed E-state index contributed by atoms with van der Waals surface area (Å²) in [6, 6.07) is -1.01. The van der Waals surface area contributed by atoms with Crippen LogP contribution in [0.4, 0.5) is 0 Å². The first-order valence-electron chi connectivity index (χ1n) is 28.7. The zero-order valence-corrected chi connectivity index (χ0v) is 43.7. The summed E-state index contributed by atoms with van der Waals surface area (Å²) < 4.78 is 0. The van der Waals surface area contributed by atoms with Gasteiger partial charge in [0.05, 0.1) is 18.8 Å². The van der Waals surface area contributed by atoms with E-state index >= 15 is 0 Å². The van der Waals surface area contributed by atoms with E-state index < -0.39 is 36.9 Å². The number of carbonyl (C=O) groups is 1. The number of nitrogens with one attached hydrogen (secondary N) is 1. The number of aliphatic hydroxyl groups is 4. The highest BCUT2D eigenvalue weighted by molar-refractivity contribution is 5.80. The smallest absolute Gasteiger partial charge is 0.249 e. The third-order valence-corrected chi connectivity index (χ3v) is 13.2. The molecule has 6 heteroatoms. The highest BCUT2D eigenvalue weighted by Gasteiger charge is 2.28. The summed E-state index contributed by atoms with van der Waals surface area (Å²) in [7, 11) is 0. The maximum Gasteiger partial charge on any atom is 0.249 e. The van der Waals surface area contributed by atoms with Crippen molar-refractivity contribution in [2.75, 3.05) is 6.61 Å². The Hall–Kier alpha value is -1.99. The first-order chi connectivity index (χ1) is 32.5. The predicted molar refractivity (Wildman–Crippen MR) is 288 cm³/mol. The summed E-state index contributed by atoms with van der Waals surface area (Å²) in [4.78, 5) is 12.6. The van der Waals surface area contributed by atoms with Crippen LogP contribution >= 0.6 is 0 Å². The van der Waals surface area contributed by atoms with E-state index in [2.05, 4.69) is 79.9 Å². The van der Waals surface area contributed by atoms with E-state index in [-0.39, 0.29) is 0 Å². The summed E-state index contributed by atoms with van der Waals surface area (Å²) >= 11 is 0. The minimum absolute atomic E-state index is 0.356. The molecule has 4 atom stereocenters. The number of aliphatic hydroxyl groups excluding tert-OH is 4. The van der Waals surface area contributed by atoms with Crippen molar-refractivity contribution in [3.8, 4) is 0 Å². The molecule has 386 valence electrons. The van der Waals surface area contributed by atoms with Crippen molar-refractivity contribution in [3.63, 3.8) is 0 Å².